The normalized spacial score (nSPS) is 20.3. The Labute approximate surface area is 221 Å². The van der Waals surface area contributed by atoms with Gasteiger partial charge in [0.1, 0.15) is 12.1 Å². The Morgan fingerprint density at radius 3 is 2.43 bits per heavy atom. The number of hydrogen-bond donors (Lipinski definition) is 0. The zero-order chi connectivity index (χ0) is 24.7. The van der Waals surface area contributed by atoms with Crippen molar-refractivity contribution >= 4 is 40.6 Å². The first-order valence-corrected chi connectivity index (χ1v) is 13.6. The number of benzene rings is 2. The van der Waals surface area contributed by atoms with Gasteiger partial charge >= 0.3 is 0 Å². The number of halogens is 1. The van der Waals surface area contributed by atoms with Gasteiger partial charge in [-0.05, 0) is 60.3 Å². The summed E-state index contributed by atoms with van der Waals surface area (Å²) in [5.41, 5.74) is 4.10. The average Bonchev–Trinajstić information content (AvgIpc) is 3.49. The van der Waals surface area contributed by atoms with Crippen LogP contribution in [0.3, 0.4) is 0 Å². The molecule has 0 radical (unpaired) electrons. The molecular weight excluding hydrogens is 553 g/mol. The van der Waals surface area contributed by atoms with E-state index >= 15 is 0 Å². The Morgan fingerprint density at radius 1 is 1.06 bits per heavy atom. The largest absolute Gasteiger partial charge is 0.329 e. The molecule has 3 aliphatic rings. The maximum Gasteiger partial charge on any atom is 0.255 e. The van der Waals surface area contributed by atoms with Gasteiger partial charge in [0.2, 0.25) is 5.91 Å². The molecule has 2 aromatic rings. The second-order valence-electron chi connectivity index (χ2n) is 10.3. The molecule has 2 fully saturated rings. The Kier molecular flexibility index (Phi) is 6.88. The van der Waals surface area contributed by atoms with Crippen LogP contribution in [-0.2, 0) is 22.7 Å². The maximum absolute atomic E-state index is 13.8. The van der Waals surface area contributed by atoms with Crippen molar-refractivity contribution in [2.75, 3.05) is 6.54 Å². The van der Waals surface area contributed by atoms with E-state index in [2.05, 4.69) is 47.1 Å². The van der Waals surface area contributed by atoms with E-state index in [1.807, 2.05) is 38.1 Å². The molecule has 35 heavy (non-hydrogen) atoms. The van der Waals surface area contributed by atoms with Gasteiger partial charge in [0.05, 0.1) is 29.4 Å². The van der Waals surface area contributed by atoms with Crippen LogP contribution in [0.5, 0.6) is 0 Å². The summed E-state index contributed by atoms with van der Waals surface area (Å²) in [4.78, 5) is 43.8. The summed E-state index contributed by atoms with van der Waals surface area (Å²) in [6.07, 6.45) is 3.99. The summed E-state index contributed by atoms with van der Waals surface area (Å²) in [6.45, 7) is 5.44. The Balaban J connectivity index is 1.28. The number of hydrogen-bond acceptors (Lipinski definition) is 3. The van der Waals surface area contributed by atoms with E-state index in [-0.39, 0.29) is 23.6 Å². The van der Waals surface area contributed by atoms with E-state index < -0.39 is 12.1 Å². The maximum atomic E-state index is 13.8. The standard InChI is InChI=1S/C28H32IN3O3/c1-18(2)25(31-17-22-6-3-4-7-23(22)26(31)33)28(35)30-15-5-8-24(30)27(34)32(29)16-19-9-11-20(12-10-19)21-13-14-21/h3-4,6-7,9-12,18,21,24-25H,5,8,13-17H2,1-2H3/t24-,25?/m0/s1. The lowest BCUT2D eigenvalue weighted by Crippen LogP contribution is -2.55. The average molecular weight is 585 g/mol. The number of amides is 3. The quantitative estimate of drug-likeness (QED) is 0.343. The molecule has 6 nitrogen and oxygen atoms in total. The van der Waals surface area contributed by atoms with Gasteiger partial charge in [-0.25, -0.2) is 0 Å². The predicted octanol–water partition coefficient (Wildman–Crippen LogP) is 4.91. The van der Waals surface area contributed by atoms with E-state index in [4.69, 9.17) is 0 Å². The van der Waals surface area contributed by atoms with Crippen LogP contribution in [-0.4, -0.2) is 49.3 Å². The van der Waals surface area contributed by atoms with Gasteiger partial charge in [0.25, 0.3) is 11.8 Å². The van der Waals surface area contributed by atoms with E-state index in [0.29, 0.717) is 37.5 Å². The highest BCUT2D eigenvalue weighted by molar-refractivity contribution is 14.1. The van der Waals surface area contributed by atoms with Gasteiger partial charge < -0.3 is 9.80 Å². The second kappa shape index (κ2) is 9.91. The lowest BCUT2D eigenvalue weighted by Gasteiger charge is -2.35. The third kappa shape index (κ3) is 4.84. The lowest BCUT2D eigenvalue weighted by molar-refractivity contribution is -0.144. The molecule has 2 aromatic carbocycles. The fourth-order valence-electron chi connectivity index (χ4n) is 5.45. The number of carbonyl (C=O) groups is 3. The van der Waals surface area contributed by atoms with Crippen LogP contribution in [0, 0.1) is 5.92 Å². The zero-order valence-corrected chi connectivity index (χ0v) is 22.5. The highest BCUT2D eigenvalue weighted by Crippen LogP contribution is 2.40. The summed E-state index contributed by atoms with van der Waals surface area (Å²) in [5.74, 6) is 0.401. The number of nitrogens with zero attached hydrogens (tertiary/aromatic N) is 3. The molecule has 5 rings (SSSR count). The van der Waals surface area contributed by atoms with Crippen LogP contribution in [0.25, 0.3) is 0 Å². The summed E-state index contributed by atoms with van der Waals surface area (Å²) in [7, 11) is 0. The molecule has 2 heterocycles. The first kappa shape index (κ1) is 24.3. The minimum Gasteiger partial charge on any atom is -0.329 e. The van der Waals surface area contributed by atoms with Gasteiger partial charge in [-0.15, -0.1) is 0 Å². The summed E-state index contributed by atoms with van der Waals surface area (Å²) < 4.78 is 1.71. The van der Waals surface area contributed by atoms with Crippen molar-refractivity contribution in [2.24, 2.45) is 5.92 Å². The number of rotatable bonds is 7. The van der Waals surface area contributed by atoms with E-state index in [1.54, 1.807) is 12.9 Å². The van der Waals surface area contributed by atoms with Crippen LogP contribution in [0.15, 0.2) is 48.5 Å². The highest BCUT2D eigenvalue weighted by atomic mass is 127. The smallest absolute Gasteiger partial charge is 0.255 e. The third-order valence-electron chi connectivity index (χ3n) is 7.48. The molecule has 1 saturated heterocycles. The van der Waals surface area contributed by atoms with Gasteiger partial charge in [-0.2, -0.15) is 0 Å². The topological polar surface area (TPSA) is 60.9 Å². The molecule has 1 saturated carbocycles. The van der Waals surface area contributed by atoms with E-state index in [1.165, 1.54) is 18.4 Å². The van der Waals surface area contributed by atoms with Crippen LogP contribution in [0.2, 0.25) is 0 Å². The molecule has 7 heteroatoms. The van der Waals surface area contributed by atoms with Gasteiger partial charge in [-0.1, -0.05) is 56.3 Å². The van der Waals surface area contributed by atoms with Crippen molar-refractivity contribution in [1.82, 2.24) is 12.9 Å². The molecule has 184 valence electrons. The van der Waals surface area contributed by atoms with Crippen LogP contribution < -0.4 is 0 Å². The van der Waals surface area contributed by atoms with Crippen LogP contribution in [0.1, 0.15) is 72.5 Å². The van der Waals surface area contributed by atoms with Gasteiger partial charge in [0.15, 0.2) is 0 Å². The fourth-order valence-corrected chi connectivity index (χ4v) is 6.16. The lowest BCUT2D eigenvalue weighted by atomic mass is 10.0. The summed E-state index contributed by atoms with van der Waals surface area (Å²) >= 11 is 2.08. The fraction of sp³-hybridized carbons (Fsp3) is 0.464. The number of carbonyl (C=O) groups excluding carboxylic acids is 3. The van der Waals surface area contributed by atoms with Crippen molar-refractivity contribution in [3.05, 3.63) is 70.8 Å². The minimum absolute atomic E-state index is 0.0405. The van der Waals surface area contributed by atoms with Gasteiger partial charge in [-0.3, -0.25) is 17.5 Å². The van der Waals surface area contributed by atoms with E-state index in [9.17, 15) is 14.4 Å². The van der Waals surface area contributed by atoms with Crippen molar-refractivity contribution in [2.45, 2.75) is 70.6 Å². The minimum atomic E-state index is -0.582. The zero-order valence-electron chi connectivity index (χ0n) is 20.3. The molecular formula is C28H32IN3O3. The molecule has 1 unspecified atom stereocenters. The van der Waals surface area contributed by atoms with E-state index in [0.717, 1.165) is 17.5 Å². The Morgan fingerprint density at radius 2 is 1.77 bits per heavy atom. The summed E-state index contributed by atoms with van der Waals surface area (Å²) in [6, 6.07) is 15.0. The molecule has 0 aromatic heterocycles. The van der Waals surface area contributed by atoms with Crippen LogP contribution in [0.4, 0.5) is 0 Å². The molecule has 0 spiro atoms. The monoisotopic (exact) mass is 585 g/mol. The first-order valence-electron chi connectivity index (χ1n) is 12.6. The summed E-state index contributed by atoms with van der Waals surface area (Å²) in [5, 5.41) is 0. The SMILES string of the molecule is CC(C)C(C(=O)N1CCC[C@H]1C(=O)N(I)Cc1ccc(C2CC2)cc1)N1Cc2ccccc2C1=O. The van der Waals surface area contributed by atoms with Crippen LogP contribution >= 0.6 is 22.9 Å². The van der Waals surface area contributed by atoms with Crippen molar-refractivity contribution in [3.63, 3.8) is 0 Å². The second-order valence-corrected chi connectivity index (χ2v) is 11.5. The highest BCUT2D eigenvalue weighted by Gasteiger charge is 2.44. The molecule has 2 atom stereocenters. The third-order valence-corrected chi connectivity index (χ3v) is 8.30. The van der Waals surface area contributed by atoms with Crippen molar-refractivity contribution in [1.29, 1.82) is 0 Å². The molecule has 3 amide bonds. The number of fused-ring (bicyclic) bond motifs is 1. The Hall–Kier alpha value is -2.42. The number of likely N-dealkylation sites (tertiary alicyclic amines) is 1. The van der Waals surface area contributed by atoms with Gasteiger partial charge in [0, 0.05) is 18.7 Å². The van der Waals surface area contributed by atoms with Crippen molar-refractivity contribution in [3.8, 4) is 0 Å². The molecule has 1 aliphatic carbocycles. The molecule has 0 bridgehead atoms. The predicted molar refractivity (Wildman–Crippen MR) is 143 cm³/mol. The first-order chi connectivity index (χ1) is 16.8. The molecule has 2 aliphatic heterocycles. The molecule has 0 N–H and O–H groups in total. The Bertz CT molecular complexity index is 1130. The van der Waals surface area contributed by atoms with Crippen molar-refractivity contribution < 1.29 is 14.4 Å².